The number of aromatic nitrogens is 4. The predicted octanol–water partition coefficient (Wildman–Crippen LogP) is 4.22. The van der Waals surface area contributed by atoms with Gasteiger partial charge in [0.1, 0.15) is 11.9 Å². The molecule has 4 rings (SSSR count). The summed E-state index contributed by atoms with van der Waals surface area (Å²) in [6.07, 6.45) is 6.69. The number of nitriles is 1. The second-order valence-electron chi connectivity index (χ2n) is 6.36. The largest absolute Gasteiger partial charge is 0.323 e. The Morgan fingerprint density at radius 3 is 2.77 bits per heavy atom. The van der Waals surface area contributed by atoms with Gasteiger partial charge in [-0.3, -0.25) is 5.10 Å². The minimum Gasteiger partial charge on any atom is -0.323 e. The molecule has 0 unspecified atom stereocenters. The summed E-state index contributed by atoms with van der Waals surface area (Å²) in [5.41, 5.74) is 2.40. The van der Waals surface area contributed by atoms with Crippen LogP contribution in [0.4, 0.5) is 23.3 Å². The van der Waals surface area contributed by atoms with Gasteiger partial charge in [0, 0.05) is 23.9 Å². The topological polar surface area (TPSA) is 102 Å². The van der Waals surface area contributed by atoms with Crippen molar-refractivity contribution in [1.82, 2.24) is 20.2 Å². The summed E-state index contributed by atoms with van der Waals surface area (Å²) in [5.74, 6) is 2.39. The van der Waals surface area contributed by atoms with Crippen molar-refractivity contribution in [2.75, 3.05) is 10.6 Å². The number of benzene rings is 1. The number of para-hydroxylation sites is 1. The molecule has 1 aromatic carbocycles. The maximum atomic E-state index is 9.18. The molecule has 2 heterocycles. The van der Waals surface area contributed by atoms with Gasteiger partial charge in [0.05, 0.1) is 11.3 Å². The lowest BCUT2D eigenvalue weighted by Crippen LogP contribution is -2.01. The molecule has 1 aliphatic rings. The third-order valence-electron chi connectivity index (χ3n) is 4.60. The Bertz CT molecular complexity index is 935. The van der Waals surface area contributed by atoms with Crippen LogP contribution in [0.25, 0.3) is 0 Å². The van der Waals surface area contributed by atoms with E-state index in [4.69, 9.17) is 0 Å². The molecule has 0 spiro atoms. The van der Waals surface area contributed by atoms with Crippen LogP contribution >= 0.6 is 0 Å². The molecule has 0 aliphatic heterocycles. The highest BCUT2D eigenvalue weighted by atomic mass is 15.2. The summed E-state index contributed by atoms with van der Waals surface area (Å²) in [4.78, 5) is 8.67. The summed E-state index contributed by atoms with van der Waals surface area (Å²) >= 11 is 0. The summed E-state index contributed by atoms with van der Waals surface area (Å²) < 4.78 is 0. The van der Waals surface area contributed by atoms with E-state index >= 15 is 0 Å². The Balaban J connectivity index is 1.48. The molecule has 7 heteroatoms. The first-order valence-electron chi connectivity index (χ1n) is 8.73. The quantitative estimate of drug-likeness (QED) is 0.640. The summed E-state index contributed by atoms with van der Waals surface area (Å²) in [5, 5.41) is 22.9. The van der Waals surface area contributed by atoms with Crippen molar-refractivity contribution in [2.45, 2.75) is 31.6 Å². The molecule has 1 saturated carbocycles. The van der Waals surface area contributed by atoms with Crippen LogP contribution in [0.5, 0.6) is 0 Å². The average Bonchev–Trinajstić information content (AvgIpc) is 3.34. The van der Waals surface area contributed by atoms with E-state index in [0.717, 1.165) is 5.82 Å². The van der Waals surface area contributed by atoms with Crippen molar-refractivity contribution in [3.05, 3.63) is 53.9 Å². The maximum Gasteiger partial charge on any atom is 0.229 e. The first-order valence-corrected chi connectivity index (χ1v) is 8.73. The molecule has 0 amide bonds. The second-order valence-corrected chi connectivity index (χ2v) is 6.36. The van der Waals surface area contributed by atoms with Crippen LogP contribution in [0, 0.1) is 11.3 Å². The van der Waals surface area contributed by atoms with Gasteiger partial charge in [-0.1, -0.05) is 25.0 Å². The summed E-state index contributed by atoms with van der Waals surface area (Å²) in [6.45, 7) is 0. The summed E-state index contributed by atoms with van der Waals surface area (Å²) in [7, 11) is 0. The van der Waals surface area contributed by atoms with Crippen molar-refractivity contribution in [2.24, 2.45) is 0 Å². The van der Waals surface area contributed by atoms with E-state index in [1.54, 1.807) is 18.3 Å². The van der Waals surface area contributed by atoms with E-state index in [1.165, 1.54) is 31.4 Å². The molecule has 7 nitrogen and oxygen atoms in total. The smallest absolute Gasteiger partial charge is 0.229 e. The molecule has 0 radical (unpaired) electrons. The first-order chi connectivity index (χ1) is 12.8. The minimum atomic E-state index is 0.421. The highest BCUT2D eigenvalue weighted by Gasteiger charge is 2.19. The standard InChI is InChI=1S/C19H19N7/c20-12-14-7-3-4-8-15(14)22-19-21-10-9-17(24-19)23-18-11-16(25-26-18)13-5-1-2-6-13/h3-4,7-11,13H,1-2,5-6H2,(H3,21,22,23,24,25,26). The Hall–Kier alpha value is -3.40. The number of anilines is 4. The van der Waals surface area contributed by atoms with Crippen LogP contribution in [0.15, 0.2) is 42.6 Å². The van der Waals surface area contributed by atoms with Crippen LogP contribution in [0.1, 0.15) is 42.9 Å². The average molecular weight is 345 g/mol. The van der Waals surface area contributed by atoms with Gasteiger partial charge in [-0.25, -0.2) is 4.98 Å². The number of aromatic amines is 1. The van der Waals surface area contributed by atoms with Gasteiger partial charge in [-0.05, 0) is 31.0 Å². The molecule has 0 bridgehead atoms. The van der Waals surface area contributed by atoms with E-state index in [-0.39, 0.29) is 0 Å². The fraction of sp³-hybridized carbons (Fsp3) is 0.263. The van der Waals surface area contributed by atoms with E-state index in [0.29, 0.717) is 28.9 Å². The second kappa shape index (κ2) is 7.23. The Morgan fingerprint density at radius 1 is 1.08 bits per heavy atom. The van der Waals surface area contributed by atoms with Crippen molar-refractivity contribution in [3.8, 4) is 6.07 Å². The fourth-order valence-corrected chi connectivity index (χ4v) is 3.28. The fourth-order valence-electron chi connectivity index (χ4n) is 3.28. The normalized spacial score (nSPS) is 14.1. The Morgan fingerprint density at radius 2 is 1.92 bits per heavy atom. The van der Waals surface area contributed by atoms with Gasteiger partial charge in [0.2, 0.25) is 5.95 Å². The highest BCUT2D eigenvalue weighted by Crippen LogP contribution is 2.34. The predicted molar refractivity (Wildman–Crippen MR) is 99.6 cm³/mol. The molecular weight excluding hydrogens is 326 g/mol. The number of hydrogen-bond donors (Lipinski definition) is 3. The molecular formula is C19H19N7. The number of nitrogens with zero attached hydrogens (tertiary/aromatic N) is 4. The lowest BCUT2D eigenvalue weighted by molar-refractivity contribution is 0.693. The molecule has 26 heavy (non-hydrogen) atoms. The first kappa shape index (κ1) is 16.1. The van der Waals surface area contributed by atoms with E-state index in [2.05, 4.69) is 42.9 Å². The van der Waals surface area contributed by atoms with E-state index in [1.807, 2.05) is 18.2 Å². The van der Waals surface area contributed by atoms with E-state index < -0.39 is 0 Å². The van der Waals surface area contributed by atoms with Crippen molar-refractivity contribution >= 4 is 23.3 Å². The molecule has 130 valence electrons. The lowest BCUT2D eigenvalue weighted by Gasteiger charge is -2.08. The molecule has 2 aromatic heterocycles. The third kappa shape index (κ3) is 3.49. The number of nitrogens with one attached hydrogen (secondary N) is 3. The van der Waals surface area contributed by atoms with Gasteiger partial charge in [-0.2, -0.15) is 15.3 Å². The molecule has 3 aromatic rings. The van der Waals surface area contributed by atoms with Crippen LogP contribution in [-0.4, -0.2) is 20.2 Å². The van der Waals surface area contributed by atoms with Crippen LogP contribution < -0.4 is 10.6 Å². The van der Waals surface area contributed by atoms with Crippen molar-refractivity contribution < 1.29 is 0 Å². The van der Waals surface area contributed by atoms with Gasteiger partial charge in [-0.15, -0.1) is 0 Å². The maximum absolute atomic E-state index is 9.18. The molecule has 1 aliphatic carbocycles. The number of H-pyrrole nitrogens is 1. The molecule has 0 saturated heterocycles. The monoisotopic (exact) mass is 345 g/mol. The van der Waals surface area contributed by atoms with Crippen molar-refractivity contribution in [3.63, 3.8) is 0 Å². The molecule has 0 atom stereocenters. The third-order valence-corrected chi connectivity index (χ3v) is 4.60. The Kier molecular flexibility index (Phi) is 4.48. The highest BCUT2D eigenvalue weighted by molar-refractivity contribution is 5.64. The Labute approximate surface area is 151 Å². The zero-order valence-electron chi connectivity index (χ0n) is 14.2. The van der Waals surface area contributed by atoms with Crippen LogP contribution in [0.2, 0.25) is 0 Å². The molecule has 3 N–H and O–H groups in total. The summed E-state index contributed by atoms with van der Waals surface area (Å²) in [6, 6.07) is 13.2. The zero-order valence-corrected chi connectivity index (χ0v) is 14.2. The van der Waals surface area contributed by atoms with Crippen molar-refractivity contribution in [1.29, 1.82) is 5.26 Å². The number of hydrogen-bond acceptors (Lipinski definition) is 6. The van der Waals surface area contributed by atoms with Crippen LogP contribution in [0.3, 0.4) is 0 Å². The van der Waals surface area contributed by atoms with Gasteiger partial charge in [0.25, 0.3) is 0 Å². The van der Waals surface area contributed by atoms with Gasteiger partial charge < -0.3 is 10.6 Å². The lowest BCUT2D eigenvalue weighted by atomic mass is 10.0. The van der Waals surface area contributed by atoms with Crippen LogP contribution in [-0.2, 0) is 0 Å². The minimum absolute atomic E-state index is 0.421. The molecule has 1 fully saturated rings. The van der Waals surface area contributed by atoms with Gasteiger partial charge in [0.15, 0.2) is 5.82 Å². The zero-order chi connectivity index (χ0) is 17.8. The van der Waals surface area contributed by atoms with E-state index in [9.17, 15) is 5.26 Å². The number of rotatable bonds is 5. The SMILES string of the molecule is N#Cc1ccccc1Nc1nccc(Nc2cc(C3CCCC3)[nH]n2)n1. The van der Waals surface area contributed by atoms with Gasteiger partial charge >= 0.3 is 0 Å².